The Morgan fingerprint density at radius 3 is 2.95 bits per heavy atom. The van der Waals surface area contributed by atoms with E-state index in [1.165, 1.54) is 17.0 Å². The zero-order valence-corrected chi connectivity index (χ0v) is 11.6. The Kier molecular flexibility index (Phi) is 4.80. The van der Waals surface area contributed by atoms with Crippen LogP contribution in [0.5, 0.6) is 0 Å². The summed E-state index contributed by atoms with van der Waals surface area (Å²) in [6.07, 6.45) is -0.888. The van der Waals surface area contributed by atoms with E-state index in [0.717, 1.165) is 0 Å². The Labute approximate surface area is 121 Å². The minimum atomic E-state index is -0.976. The van der Waals surface area contributed by atoms with Crippen molar-refractivity contribution >= 4 is 17.7 Å². The van der Waals surface area contributed by atoms with Gasteiger partial charge in [-0.1, -0.05) is 11.6 Å². The quantitative estimate of drug-likeness (QED) is 0.879. The second-order valence-corrected chi connectivity index (χ2v) is 4.99. The highest BCUT2D eigenvalue weighted by atomic mass is 35.5. The molecule has 0 aliphatic carbocycles. The van der Waals surface area contributed by atoms with Gasteiger partial charge in [0.2, 0.25) is 0 Å². The predicted octanol–water partition coefficient (Wildman–Crippen LogP) is 2.38. The summed E-state index contributed by atoms with van der Waals surface area (Å²) in [6.45, 7) is 1.14. The van der Waals surface area contributed by atoms with Crippen molar-refractivity contribution in [2.45, 2.75) is 19.1 Å². The molecule has 1 saturated heterocycles. The van der Waals surface area contributed by atoms with Gasteiger partial charge in [-0.15, -0.1) is 0 Å². The number of carboxylic acid groups (broad SMARTS) is 1. The molecule has 1 aliphatic heterocycles. The molecule has 5 nitrogen and oxygen atoms in total. The van der Waals surface area contributed by atoms with Gasteiger partial charge in [-0.3, -0.25) is 0 Å². The van der Waals surface area contributed by atoms with Gasteiger partial charge in [-0.2, -0.15) is 0 Å². The molecular weight excluding hydrogens is 287 g/mol. The van der Waals surface area contributed by atoms with Gasteiger partial charge in [0.1, 0.15) is 5.82 Å². The highest BCUT2D eigenvalue weighted by Crippen LogP contribution is 2.30. The van der Waals surface area contributed by atoms with E-state index in [9.17, 15) is 9.18 Å². The first kappa shape index (κ1) is 15.0. The SMILES string of the molecule is NCc1cc(Cl)c(F)cc1[C@H]1CCN(C(=O)O)CCO1. The fourth-order valence-electron chi connectivity index (χ4n) is 2.29. The summed E-state index contributed by atoms with van der Waals surface area (Å²) < 4.78 is 19.3. The first-order chi connectivity index (χ1) is 9.52. The maximum Gasteiger partial charge on any atom is 0.407 e. The second kappa shape index (κ2) is 6.39. The molecule has 2 rings (SSSR count). The Balaban J connectivity index is 2.23. The van der Waals surface area contributed by atoms with Gasteiger partial charge in [-0.25, -0.2) is 9.18 Å². The molecule has 1 amide bonds. The summed E-state index contributed by atoms with van der Waals surface area (Å²) in [5.74, 6) is -0.526. The predicted molar refractivity (Wildman–Crippen MR) is 72.2 cm³/mol. The lowest BCUT2D eigenvalue weighted by molar-refractivity contribution is 0.0607. The van der Waals surface area contributed by atoms with Crippen LogP contribution < -0.4 is 5.73 Å². The van der Waals surface area contributed by atoms with Crippen LogP contribution in [0, 0.1) is 5.82 Å². The largest absolute Gasteiger partial charge is 0.465 e. The van der Waals surface area contributed by atoms with E-state index in [0.29, 0.717) is 30.6 Å². The monoisotopic (exact) mass is 302 g/mol. The van der Waals surface area contributed by atoms with Crippen LogP contribution in [0.25, 0.3) is 0 Å². The maximum atomic E-state index is 13.6. The Bertz CT molecular complexity index is 513. The van der Waals surface area contributed by atoms with Crippen molar-refractivity contribution in [3.05, 3.63) is 34.1 Å². The van der Waals surface area contributed by atoms with E-state index in [1.807, 2.05) is 0 Å². The van der Waals surface area contributed by atoms with E-state index in [4.69, 9.17) is 27.2 Å². The molecule has 1 fully saturated rings. The lowest BCUT2D eigenvalue weighted by Gasteiger charge is -2.19. The fourth-order valence-corrected chi connectivity index (χ4v) is 2.48. The Morgan fingerprint density at radius 2 is 2.30 bits per heavy atom. The summed E-state index contributed by atoms with van der Waals surface area (Å²) in [5.41, 5.74) is 7.00. The standard InChI is InChI=1S/C13H16ClFN2O3/c14-10-5-8(7-16)9(6-11(10)15)12-1-2-17(13(18)19)3-4-20-12/h5-6,12H,1-4,7,16H2,(H,18,19)/t12-/m1/s1. The van der Waals surface area contributed by atoms with E-state index in [1.54, 1.807) is 0 Å². The molecule has 0 spiro atoms. The summed E-state index contributed by atoms with van der Waals surface area (Å²) in [4.78, 5) is 12.2. The molecule has 3 N–H and O–H groups in total. The van der Waals surface area contributed by atoms with Crippen molar-refractivity contribution in [1.82, 2.24) is 4.90 Å². The molecule has 20 heavy (non-hydrogen) atoms. The van der Waals surface area contributed by atoms with E-state index < -0.39 is 11.9 Å². The summed E-state index contributed by atoms with van der Waals surface area (Å²) >= 11 is 5.74. The number of nitrogens with zero attached hydrogens (tertiary/aromatic N) is 1. The normalized spacial score (nSPS) is 19.8. The number of hydrogen-bond acceptors (Lipinski definition) is 3. The van der Waals surface area contributed by atoms with Gasteiger partial charge in [0.25, 0.3) is 0 Å². The number of hydrogen-bond donors (Lipinski definition) is 2. The topological polar surface area (TPSA) is 75.8 Å². The van der Waals surface area contributed by atoms with Crippen molar-refractivity contribution in [3.8, 4) is 0 Å². The van der Waals surface area contributed by atoms with E-state index >= 15 is 0 Å². The Morgan fingerprint density at radius 1 is 1.55 bits per heavy atom. The molecule has 7 heteroatoms. The number of ether oxygens (including phenoxy) is 1. The molecule has 1 aliphatic rings. The maximum absolute atomic E-state index is 13.6. The first-order valence-corrected chi connectivity index (χ1v) is 6.68. The van der Waals surface area contributed by atoms with E-state index in [-0.39, 0.29) is 24.3 Å². The van der Waals surface area contributed by atoms with Crippen LogP contribution in [0.1, 0.15) is 23.7 Å². The third kappa shape index (κ3) is 3.20. The van der Waals surface area contributed by atoms with Crippen LogP contribution in [0.3, 0.4) is 0 Å². The number of rotatable bonds is 2. The molecule has 0 unspecified atom stereocenters. The highest BCUT2D eigenvalue weighted by Gasteiger charge is 2.24. The third-order valence-electron chi connectivity index (χ3n) is 3.36. The number of nitrogens with two attached hydrogens (primary N) is 1. The first-order valence-electron chi connectivity index (χ1n) is 6.30. The number of amides is 1. The minimum Gasteiger partial charge on any atom is -0.465 e. The van der Waals surface area contributed by atoms with Crippen LogP contribution in [0.4, 0.5) is 9.18 Å². The van der Waals surface area contributed by atoms with Crippen LogP contribution in [-0.2, 0) is 11.3 Å². The Hall–Kier alpha value is -1.37. The lowest BCUT2D eigenvalue weighted by atomic mass is 9.99. The van der Waals surface area contributed by atoms with Gasteiger partial charge in [0.05, 0.1) is 17.7 Å². The molecule has 0 bridgehead atoms. The molecule has 0 aromatic heterocycles. The molecule has 1 heterocycles. The smallest absolute Gasteiger partial charge is 0.407 e. The van der Waals surface area contributed by atoms with Crippen molar-refractivity contribution in [1.29, 1.82) is 0 Å². The molecule has 1 atom stereocenters. The highest BCUT2D eigenvalue weighted by molar-refractivity contribution is 6.30. The molecule has 1 aromatic rings. The van der Waals surface area contributed by atoms with Crippen LogP contribution in [0.15, 0.2) is 12.1 Å². The molecule has 1 aromatic carbocycles. The molecule has 0 saturated carbocycles. The minimum absolute atomic E-state index is 0.0231. The van der Waals surface area contributed by atoms with Gasteiger partial charge in [0.15, 0.2) is 0 Å². The number of halogens is 2. The summed E-state index contributed by atoms with van der Waals surface area (Å²) in [6, 6.07) is 2.82. The molecule has 110 valence electrons. The summed E-state index contributed by atoms with van der Waals surface area (Å²) in [7, 11) is 0. The molecule has 0 radical (unpaired) electrons. The number of carbonyl (C=O) groups is 1. The molecular formula is C13H16ClFN2O3. The fraction of sp³-hybridized carbons (Fsp3) is 0.462. The lowest BCUT2D eigenvalue weighted by Crippen LogP contribution is -2.31. The van der Waals surface area contributed by atoms with Gasteiger partial charge >= 0.3 is 6.09 Å². The van der Waals surface area contributed by atoms with E-state index in [2.05, 4.69) is 0 Å². The van der Waals surface area contributed by atoms with Crippen molar-refractivity contribution < 1.29 is 19.0 Å². The van der Waals surface area contributed by atoms with Crippen molar-refractivity contribution in [2.24, 2.45) is 5.73 Å². The van der Waals surface area contributed by atoms with Crippen molar-refractivity contribution in [3.63, 3.8) is 0 Å². The number of benzene rings is 1. The third-order valence-corrected chi connectivity index (χ3v) is 3.65. The van der Waals surface area contributed by atoms with Crippen molar-refractivity contribution in [2.75, 3.05) is 19.7 Å². The van der Waals surface area contributed by atoms with Gasteiger partial charge in [0, 0.05) is 19.6 Å². The van der Waals surface area contributed by atoms with Crippen LogP contribution in [0.2, 0.25) is 5.02 Å². The second-order valence-electron chi connectivity index (χ2n) is 4.59. The van der Waals surface area contributed by atoms with Gasteiger partial charge < -0.3 is 20.5 Å². The summed E-state index contributed by atoms with van der Waals surface area (Å²) in [5, 5.41) is 9.00. The van der Waals surface area contributed by atoms with Crippen LogP contribution >= 0.6 is 11.6 Å². The average Bonchev–Trinajstić information content (AvgIpc) is 2.67. The van der Waals surface area contributed by atoms with Gasteiger partial charge in [-0.05, 0) is 29.7 Å². The average molecular weight is 303 g/mol. The zero-order valence-electron chi connectivity index (χ0n) is 10.8. The van der Waals surface area contributed by atoms with Crippen LogP contribution in [-0.4, -0.2) is 35.8 Å². The zero-order chi connectivity index (χ0) is 14.7.